The minimum Gasteiger partial charge on any atom is -0.399 e. The summed E-state index contributed by atoms with van der Waals surface area (Å²) in [5.41, 5.74) is 22.0. The smallest absolute Gasteiger partial charge is 0.328 e. The molecule has 0 bridgehead atoms. The average Bonchev–Trinajstić information content (AvgIpc) is 3.56. The van der Waals surface area contributed by atoms with Gasteiger partial charge in [0.2, 0.25) is 0 Å². The Balaban J connectivity index is 1.31. The highest BCUT2D eigenvalue weighted by molar-refractivity contribution is 6.88. The van der Waals surface area contributed by atoms with Crippen molar-refractivity contribution in [1.82, 2.24) is 9.38 Å². The van der Waals surface area contributed by atoms with E-state index in [1.165, 1.54) is 106 Å². The second kappa shape index (κ2) is 17.0. The summed E-state index contributed by atoms with van der Waals surface area (Å²) in [6.45, 7) is 32.9. The van der Waals surface area contributed by atoms with Crippen LogP contribution >= 0.6 is 0 Å². The van der Waals surface area contributed by atoms with Crippen LogP contribution < -0.4 is 15.8 Å². The number of hydrogen-bond donors (Lipinski definition) is 0. The molecule has 3 nitrogen and oxygen atoms in total. The zero-order valence-electron chi connectivity index (χ0n) is 45.4. The van der Waals surface area contributed by atoms with E-state index in [4.69, 9.17) is 0 Å². The van der Waals surface area contributed by atoms with Gasteiger partial charge >= 0.3 is 6.85 Å². The first kappa shape index (κ1) is 47.8. The van der Waals surface area contributed by atoms with E-state index in [2.05, 4.69) is 275 Å². The zero-order valence-corrected chi connectivity index (χ0v) is 45.4. The van der Waals surface area contributed by atoms with Crippen molar-refractivity contribution in [2.75, 3.05) is 4.90 Å². The molecular formula is C68H74BN3. The highest BCUT2D eigenvalue weighted by atomic mass is 15.2. The Morgan fingerprint density at radius 2 is 1.04 bits per heavy atom. The Labute approximate surface area is 431 Å². The Hall–Kier alpha value is -6.52. The van der Waals surface area contributed by atoms with Crippen LogP contribution in [0.15, 0.2) is 164 Å². The van der Waals surface area contributed by atoms with Gasteiger partial charge in [-0.05, 0) is 138 Å². The molecule has 11 rings (SSSR count). The lowest BCUT2D eigenvalue weighted by atomic mass is 9.44. The van der Waals surface area contributed by atoms with Gasteiger partial charge in [0.1, 0.15) is 0 Å². The second-order valence-electron chi connectivity index (χ2n) is 25.8. The van der Waals surface area contributed by atoms with Crippen LogP contribution in [0.4, 0.5) is 17.1 Å². The molecule has 7 aromatic carbocycles. The van der Waals surface area contributed by atoms with E-state index in [1.54, 1.807) is 0 Å². The lowest BCUT2D eigenvalue weighted by molar-refractivity contribution is 0.276. The van der Waals surface area contributed by atoms with Gasteiger partial charge < -0.3 is 14.3 Å². The molecule has 0 aliphatic carbocycles. The quantitative estimate of drug-likeness (QED) is 0.159. The molecule has 364 valence electrons. The maximum absolute atomic E-state index is 2.91. The van der Waals surface area contributed by atoms with Crippen LogP contribution in [0.2, 0.25) is 0 Å². The lowest BCUT2D eigenvalue weighted by Gasteiger charge is -2.48. The van der Waals surface area contributed by atoms with E-state index < -0.39 is 0 Å². The predicted octanol–water partition coefficient (Wildman–Crippen LogP) is 16.5. The Kier molecular flexibility index (Phi) is 11.3. The van der Waals surface area contributed by atoms with Crippen molar-refractivity contribution < 1.29 is 0 Å². The molecule has 0 amide bonds. The van der Waals surface area contributed by atoms with Crippen LogP contribution in [0.1, 0.15) is 136 Å². The molecule has 0 saturated heterocycles. The fourth-order valence-corrected chi connectivity index (χ4v) is 12.2. The SMILES string of the molecule is CC(C)[C@H]1Cc2cc(C(C)(C)C)cc3c2B(c2cc4c5cc(C(C)(C)C)ccc5n(-c5ccc(C(C)(C)C)cc5)c4cc2N3c2ccc(C(C)(C)C)cc2)N2C(c3ccccc3)=C(c3ccccc3)C=CC12. The molecule has 3 aliphatic heterocycles. The maximum atomic E-state index is 2.91. The second-order valence-corrected chi connectivity index (χ2v) is 25.8. The summed E-state index contributed by atoms with van der Waals surface area (Å²) >= 11 is 0. The first-order valence-corrected chi connectivity index (χ1v) is 26.7. The number of nitrogens with zero attached hydrogens (tertiary/aromatic N) is 3. The standard InChI is InChI=1S/C68H74BN3/c1-43(2)54-38-46-37-50(68(12,13)14)40-62-63(46)69(72-59(54)36-34-53(44-21-17-15-18-22-44)64(72)45-23-19-16-20-24-45)57-41-56-55-39-49(67(9,10)11)29-35-58(55)70(51-30-25-47(26-31-51)65(3,4)5)60(56)42-61(57)71(62)52-32-27-48(28-33-52)66(6,7)8/h15-37,39-43,54,59H,38H2,1-14H3/t54-,59?/m1/s1. The molecule has 1 aromatic heterocycles. The average molecular weight is 944 g/mol. The Morgan fingerprint density at radius 1 is 0.500 bits per heavy atom. The molecule has 1 unspecified atom stereocenters. The van der Waals surface area contributed by atoms with Crippen LogP contribution in [0, 0.1) is 11.8 Å². The first-order valence-electron chi connectivity index (χ1n) is 26.7. The predicted molar refractivity (Wildman–Crippen MR) is 312 cm³/mol. The van der Waals surface area contributed by atoms with Crippen LogP contribution in [0.5, 0.6) is 0 Å². The van der Waals surface area contributed by atoms with Gasteiger partial charge in [-0.2, -0.15) is 0 Å². The lowest BCUT2D eigenvalue weighted by Crippen LogP contribution is -2.63. The normalized spacial score (nSPS) is 17.2. The van der Waals surface area contributed by atoms with E-state index in [0.29, 0.717) is 11.8 Å². The van der Waals surface area contributed by atoms with Crippen LogP contribution in [0.25, 0.3) is 38.8 Å². The molecular weight excluding hydrogens is 870 g/mol. The first-order chi connectivity index (χ1) is 34.1. The van der Waals surface area contributed by atoms with Gasteiger partial charge in [-0.1, -0.05) is 212 Å². The molecule has 2 atom stereocenters. The molecule has 3 aliphatic rings. The largest absolute Gasteiger partial charge is 0.399 e. The number of benzene rings is 7. The molecule has 0 radical (unpaired) electrons. The zero-order chi connectivity index (χ0) is 50.8. The monoisotopic (exact) mass is 944 g/mol. The third-order valence-corrected chi connectivity index (χ3v) is 16.4. The van der Waals surface area contributed by atoms with E-state index in [0.717, 1.165) is 6.42 Å². The van der Waals surface area contributed by atoms with Crippen molar-refractivity contribution in [2.45, 2.75) is 131 Å². The molecule has 0 spiro atoms. The molecule has 0 N–H and O–H groups in total. The Bertz CT molecular complexity index is 3430. The number of rotatable bonds is 5. The summed E-state index contributed by atoms with van der Waals surface area (Å²) < 4.78 is 2.55. The van der Waals surface area contributed by atoms with E-state index in [9.17, 15) is 0 Å². The molecule has 0 saturated carbocycles. The van der Waals surface area contributed by atoms with Crippen molar-refractivity contribution in [3.05, 3.63) is 203 Å². The molecule has 0 fully saturated rings. The van der Waals surface area contributed by atoms with Crippen LogP contribution in [0.3, 0.4) is 0 Å². The number of aromatic nitrogens is 1. The summed E-state index contributed by atoms with van der Waals surface area (Å²) in [5, 5.41) is 2.58. The topological polar surface area (TPSA) is 11.4 Å². The number of hydrogen-bond acceptors (Lipinski definition) is 2. The maximum Gasteiger partial charge on any atom is 0.328 e. The summed E-state index contributed by atoms with van der Waals surface area (Å²) in [4.78, 5) is 5.57. The van der Waals surface area contributed by atoms with Crippen molar-refractivity contribution >= 4 is 67.9 Å². The number of allylic oxidation sites excluding steroid dienone is 2. The van der Waals surface area contributed by atoms with Gasteiger partial charge in [0, 0.05) is 50.8 Å². The van der Waals surface area contributed by atoms with Crippen molar-refractivity contribution in [2.24, 2.45) is 11.8 Å². The van der Waals surface area contributed by atoms with E-state index in [1.807, 2.05) is 0 Å². The van der Waals surface area contributed by atoms with Gasteiger partial charge in [0.15, 0.2) is 0 Å². The fourth-order valence-electron chi connectivity index (χ4n) is 12.2. The third-order valence-electron chi connectivity index (χ3n) is 16.4. The highest BCUT2D eigenvalue weighted by Crippen LogP contribution is 2.49. The summed E-state index contributed by atoms with van der Waals surface area (Å²) in [5.74, 6) is 0.772. The molecule has 8 aromatic rings. The van der Waals surface area contributed by atoms with E-state index >= 15 is 0 Å². The fraction of sp³-hybridized carbons (Fsp3) is 0.324. The van der Waals surface area contributed by atoms with Gasteiger partial charge in [0.05, 0.1) is 11.0 Å². The Morgan fingerprint density at radius 3 is 1.61 bits per heavy atom. The third kappa shape index (κ3) is 8.05. The van der Waals surface area contributed by atoms with Gasteiger partial charge in [-0.3, -0.25) is 0 Å². The van der Waals surface area contributed by atoms with Crippen LogP contribution in [-0.2, 0) is 28.1 Å². The van der Waals surface area contributed by atoms with E-state index in [-0.39, 0.29) is 34.5 Å². The number of anilines is 3. The highest BCUT2D eigenvalue weighted by Gasteiger charge is 2.50. The van der Waals surface area contributed by atoms with Crippen molar-refractivity contribution in [3.63, 3.8) is 0 Å². The minimum absolute atomic E-state index is 0.0213. The van der Waals surface area contributed by atoms with Gasteiger partial charge in [0.25, 0.3) is 0 Å². The van der Waals surface area contributed by atoms with Crippen LogP contribution in [-0.4, -0.2) is 22.3 Å². The van der Waals surface area contributed by atoms with Crippen molar-refractivity contribution in [1.29, 1.82) is 0 Å². The summed E-state index contributed by atoms with van der Waals surface area (Å²) in [6, 6.07) is 59.1. The minimum atomic E-state index is -0.101. The van der Waals surface area contributed by atoms with Gasteiger partial charge in [-0.25, -0.2) is 0 Å². The molecule has 4 heterocycles. The summed E-state index contributed by atoms with van der Waals surface area (Å²) in [7, 11) is 0. The number of fused-ring (bicyclic) bond motifs is 7. The van der Waals surface area contributed by atoms with Crippen molar-refractivity contribution in [3.8, 4) is 5.69 Å². The van der Waals surface area contributed by atoms with Gasteiger partial charge in [-0.15, -0.1) is 0 Å². The summed E-state index contributed by atoms with van der Waals surface area (Å²) in [6.07, 6.45) is 6.03. The molecule has 72 heavy (non-hydrogen) atoms. The molecule has 4 heteroatoms.